The van der Waals surface area contributed by atoms with Crippen molar-refractivity contribution in [3.05, 3.63) is 115 Å². The summed E-state index contributed by atoms with van der Waals surface area (Å²) in [6, 6.07) is 21.9. The number of para-hydroxylation sites is 1. The molecule has 7 atom stereocenters. The number of ether oxygens (including phenoxy) is 1. The first-order valence-corrected chi connectivity index (χ1v) is 18.0. The van der Waals surface area contributed by atoms with Crippen molar-refractivity contribution in [2.75, 3.05) is 36.1 Å². The Bertz CT molecular complexity index is 1720. The molecule has 6 rings (SSSR count). The van der Waals surface area contributed by atoms with Gasteiger partial charge in [-0.3, -0.25) is 14.4 Å². The number of carbonyl (C=O) groups is 3. The fourth-order valence-electron chi connectivity index (χ4n) is 8.16. The largest absolute Gasteiger partial charge is 0.494 e. The lowest BCUT2D eigenvalue weighted by Gasteiger charge is -2.42. The maximum Gasteiger partial charge on any atom is 0.251 e. The number of hydrogen-bond donors (Lipinski definition) is 1. The third-order valence-corrected chi connectivity index (χ3v) is 12.5. The van der Waals surface area contributed by atoms with Gasteiger partial charge in [-0.1, -0.05) is 73.1 Å². The summed E-state index contributed by atoms with van der Waals surface area (Å²) in [4.78, 5) is 50.0. The average molecular weight is 700 g/mol. The smallest absolute Gasteiger partial charge is 0.251 e. The topological polar surface area (TPSA) is 90.4 Å². The Morgan fingerprint density at radius 1 is 1.02 bits per heavy atom. The number of rotatable bonds is 13. The van der Waals surface area contributed by atoms with Gasteiger partial charge in [0, 0.05) is 24.0 Å². The van der Waals surface area contributed by atoms with Crippen LogP contribution in [0.5, 0.6) is 5.75 Å². The molecule has 256 valence electrons. The van der Waals surface area contributed by atoms with Crippen LogP contribution < -0.4 is 14.5 Å². The lowest BCUT2D eigenvalue weighted by Crippen LogP contribution is -2.58. The predicted molar refractivity (Wildman–Crippen MR) is 196 cm³/mol. The maximum atomic E-state index is 15.2. The molecule has 3 heterocycles. The molecular weight excluding hydrogens is 658 g/mol. The second-order valence-electron chi connectivity index (χ2n) is 12.8. The first kappa shape index (κ1) is 34.8. The van der Waals surface area contributed by atoms with Crippen molar-refractivity contribution < 1.29 is 24.2 Å². The summed E-state index contributed by atoms with van der Waals surface area (Å²) >= 11 is 8.26. The van der Waals surface area contributed by atoms with E-state index in [2.05, 4.69) is 20.1 Å². The Morgan fingerprint density at radius 3 is 2.31 bits per heavy atom. The van der Waals surface area contributed by atoms with Gasteiger partial charge < -0.3 is 24.5 Å². The summed E-state index contributed by atoms with van der Waals surface area (Å²) in [5.41, 5.74) is 1.89. The van der Waals surface area contributed by atoms with Gasteiger partial charge in [-0.2, -0.15) is 0 Å². The highest BCUT2D eigenvalue weighted by molar-refractivity contribution is 8.02. The number of anilines is 2. The molecule has 3 amide bonds. The van der Waals surface area contributed by atoms with Crippen LogP contribution in [0.4, 0.5) is 11.4 Å². The van der Waals surface area contributed by atoms with Crippen LogP contribution in [0.2, 0.25) is 5.02 Å². The highest BCUT2D eigenvalue weighted by Crippen LogP contribution is 2.69. The van der Waals surface area contributed by atoms with Crippen molar-refractivity contribution in [2.24, 2.45) is 17.8 Å². The lowest BCUT2D eigenvalue weighted by atomic mass is 9.65. The van der Waals surface area contributed by atoms with Crippen molar-refractivity contribution in [3.8, 4) is 5.75 Å². The Labute approximate surface area is 297 Å². The molecule has 0 saturated carbocycles. The molecule has 3 fully saturated rings. The van der Waals surface area contributed by atoms with Gasteiger partial charge in [0.1, 0.15) is 11.8 Å². The molecule has 3 saturated heterocycles. The number of carbonyl (C=O) groups excluding carboxylic acids is 3. The second kappa shape index (κ2) is 14.4. The number of nitrogens with zero attached hydrogens (tertiary/aromatic N) is 3. The van der Waals surface area contributed by atoms with E-state index in [1.54, 1.807) is 56.8 Å². The zero-order valence-corrected chi connectivity index (χ0v) is 29.4. The molecule has 3 unspecified atom stereocenters. The number of benzene rings is 3. The van der Waals surface area contributed by atoms with Crippen molar-refractivity contribution in [2.45, 2.75) is 42.3 Å². The van der Waals surface area contributed by atoms with Crippen LogP contribution in [0, 0.1) is 17.8 Å². The third-order valence-electron chi connectivity index (χ3n) is 10.2. The van der Waals surface area contributed by atoms with Gasteiger partial charge in [0.15, 0.2) is 0 Å². The van der Waals surface area contributed by atoms with Crippen molar-refractivity contribution in [1.82, 2.24) is 4.90 Å². The van der Waals surface area contributed by atoms with Gasteiger partial charge in [-0.05, 0) is 61.2 Å². The van der Waals surface area contributed by atoms with Gasteiger partial charge in [-0.25, -0.2) is 0 Å². The summed E-state index contributed by atoms with van der Waals surface area (Å²) in [7, 11) is 0. The van der Waals surface area contributed by atoms with Crippen molar-refractivity contribution in [3.63, 3.8) is 0 Å². The summed E-state index contributed by atoms with van der Waals surface area (Å²) in [5.74, 6) is -1.67. The number of hydrogen-bond acceptors (Lipinski definition) is 6. The maximum absolute atomic E-state index is 15.2. The predicted octanol–water partition coefficient (Wildman–Crippen LogP) is 6.55. The van der Waals surface area contributed by atoms with E-state index in [0.29, 0.717) is 40.7 Å². The summed E-state index contributed by atoms with van der Waals surface area (Å²) in [5, 5.41) is 11.2. The average Bonchev–Trinajstić information content (AvgIpc) is 3.71. The molecular formula is C39H42ClN3O5S. The molecule has 0 aliphatic carbocycles. The molecule has 1 spiro atoms. The zero-order chi connectivity index (χ0) is 34.9. The van der Waals surface area contributed by atoms with E-state index in [4.69, 9.17) is 16.3 Å². The van der Waals surface area contributed by atoms with Gasteiger partial charge in [-0.15, -0.1) is 24.9 Å². The minimum Gasteiger partial charge on any atom is -0.494 e. The first-order chi connectivity index (χ1) is 23.7. The van der Waals surface area contributed by atoms with E-state index in [1.807, 2.05) is 67.6 Å². The van der Waals surface area contributed by atoms with Crippen LogP contribution in [0.25, 0.3) is 0 Å². The molecule has 0 radical (unpaired) electrons. The minimum absolute atomic E-state index is 0.0790. The normalized spacial score (nSPS) is 25.8. The molecule has 49 heavy (non-hydrogen) atoms. The van der Waals surface area contributed by atoms with Crippen LogP contribution >= 0.6 is 23.4 Å². The summed E-state index contributed by atoms with van der Waals surface area (Å²) in [6.45, 7) is 12.4. The van der Waals surface area contributed by atoms with Gasteiger partial charge in [0.05, 0.1) is 46.5 Å². The van der Waals surface area contributed by atoms with E-state index in [0.717, 1.165) is 0 Å². The number of likely N-dealkylation sites (tertiary alicyclic amines) is 1. The van der Waals surface area contributed by atoms with Crippen LogP contribution in [0.1, 0.15) is 31.9 Å². The molecule has 10 heteroatoms. The molecule has 0 aromatic heterocycles. The molecule has 3 aliphatic heterocycles. The molecule has 3 aliphatic rings. The molecule has 2 bridgehead atoms. The van der Waals surface area contributed by atoms with E-state index >= 15 is 9.59 Å². The lowest BCUT2D eigenvalue weighted by molar-refractivity contribution is -0.142. The highest BCUT2D eigenvalue weighted by atomic mass is 35.5. The second-order valence-corrected chi connectivity index (χ2v) is 14.7. The molecule has 3 aromatic carbocycles. The Balaban J connectivity index is 1.48. The van der Waals surface area contributed by atoms with E-state index < -0.39 is 35.3 Å². The minimum atomic E-state index is -0.986. The number of aliphatic hydroxyl groups is 1. The van der Waals surface area contributed by atoms with E-state index in [1.165, 1.54) is 0 Å². The Kier molecular flexibility index (Phi) is 10.2. The highest BCUT2D eigenvalue weighted by Gasteiger charge is 2.77. The third kappa shape index (κ3) is 5.85. The summed E-state index contributed by atoms with van der Waals surface area (Å²) in [6.07, 6.45) is 3.98. The van der Waals surface area contributed by atoms with Crippen LogP contribution in [-0.4, -0.2) is 70.1 Å². The number of halogens is 1. The quantitative estimate of drug-likeness (QED) is 0.204. The van der Waals surface area contributed by atoms with Crippen LogP contribution in [-0.2, 0) is 14.4 Å². The molecule has 1 N–H and O–H groups in total. The van der Waals surface area contributed by atoms with Crippen LogP contribution in [0.3, 0.4) is 0 Å². The summed E-state index contributed by atoms with van der Waals surface area (Å²) < 4.78 is 4.70. The standard InChI is InChI=1S/C39H42ClN3O5S/c1-5-21-41(27-17-19-28(20-18-27)48-7-3)36(45)33-32-23-25(4)39(49-32)34(33)37(46)43(31(24-44)26-13-9-8-10-14-26)35(39)38(47)42(22-6-2)30-16-12-11-15-29(30)40/h5-6,8-20,25,31-35,44H,1-2,7,21-24H2,3-4H3/t25?,31-,32+,33-,34+,35?,39?/m1/s1. The number of fused-ring (bicyclic) bond motifs is 1. The number of aliphatic hydroxyl groups excluding tert-OH is 1. The Hall–Kier alpha value is -4.05. The van der Waals surface area contributed by atoms with E-state index in [9.17, 15) is 9.90 Å². The zero-order valence-electron chi connectivity index (χ0n) is 27.8. The van der Waals surface area contributed by atoms with Gasteiger partial charge >= 0.3 is 0 Å². The first-order valence-electron chi connectivity index (χ1n) is 16.7. The van der Waals surface area contributed by atoms with Crippen LogP contribution in [0.15, 0.2) is 104 Å². The fourth-order valence-corrected chi connectivity index (χ4v) is 10.8. The van der Waals surface area contributed by atoms with Crippen molar-refractivity contribution in [1.29, 1.82) is 0 Å². The Morgan fingerprint density at radius 2 is 1.67 bits per heavy atom. The van der Waals surface area contributed by atoms with Gasteiger partial charge in [0.25, 0.3) is 5.91 Å². The van der Waals surface area contributed by atoms with Crippen molar-refractivity contribution >= 4 is 52.5 Å². The monoisotopic (exact) mass is 699 g/mol. The van der Waals surface area contributed by atoms with Gasteiger partial charge in [0.2, 0.25) is 11.8 Å². The molecule has 3 aromatic rings. The number of thioether (sulfide) groups is 1. The molecule has 8 nitrogen and oxygen atoms in total. The SMILES string of the molecule is C=CCN(C(=O)[C@@H]1[C@@H]2CC(C)C3(S2)C(C(=O)N(CC=C)c2ccccc2Cl)N([C@H](CO)c2ccccc2)C(=O)[C@H]13)c1ccc(OCC)cc1. The van der Waals surface area contributed by atoms with E-state index in [-0.39, 0.29) is 42.0 Å². The fraction of sp³-hybridized carbons (Fsp3) is 0.359. The number of amides is 3.